The van der Waals surface area contributed by atoms with E-state index in [0.29, 0.717) is 61.3 Å². The van der Waals surface area contributed by atoms with Gasteiger partial charge in [-0.3, -0.25) is 9.36 Å². The van der Waals surface area contributed by atoms with Gasteiger partial charge >= 0.3 is 11.9 Å². The Morgan fingerprint density at radius 2 is 1.87 bits per heavy atom. The topological polar surface area (TPSA) is 119 Å². The number of methoxy groups -OCH3 is 1. The van der Waals surface area contributed by atoms with Crippen LogP contribution in [0.4, 0.5) is 0 Å². The predicted octanol–water partition coefficient (Wildman–Crippen LogP) is 5.42. The molecule has 0 spiro atoms. The van der Waals surface area contributed by atoms with Crippen LogP contribution in [0.3, 0.4) is 0 Å². The van der Waals surface area contributed by atoms with E-state index >= 15 is 0 Å². The monoisotopic (exact) mass is 644 g/mol. The fourth-order valence-electron chi connectivity index (χ4n) is 5.15. The highest BCUT2D eigenvalue weighted by Crippen LogP contribution is 2.41. The molecular weight excluding hydrogens is 608 g/mol. The van der Waals surface area contributed by atoms with Crippen molar-refractivity contribution in [3.8, 4) is 22.8 Å². The summed E-state index contributed by atoms with van der Waals surface area (Å²) < 4.78 is 30.4. The van der Waals surface area contributed by atoms with Crippen LogP contribution in [-0.4, -0.2) is 42.9 Å². The zero-order chi connectivity index (χ0) is 33.0. The van der Waals surface area contributed by atoms with E-state index < -0.39 is 18.0 Å². The average molecular weight is 645 g/mol. The third-order valence-corrected chi connectivity index (χ3v) is 8.10. The summed E-state index contributed by atoms with van der Waals surface area (Å²) in [6.07, 6.45) is 2.15. The largest absolute Gasteiger partial charge is 0.493 e. The van der Waals surface area contributed by atoms with Gasteiger partial charge in [-0.15, -0.1) is 0 Å². The maximum absolute atomic E-state index is 14.1. The zero-order valence-electron chi connectivity index (χ0n) is 26.6. The first-order valence-electron chi connectivity index (χ1n) is 15.1. The minimum atomic E-state index is -0.875. The maximum Gasteiger partial charge on any atom is 0.338 e. The Bertz CT molecular complexity index is 1980. The highest BCUT2D eigenvalue weighted by atomic mass is 32.1. The van der Waals surface area contributed by atoms with Gasteiger partial charge in [0.2, 0.25) is 0 Å². The van der Waals surface area contributed by atoms with Crippen molar-refractivity contribution in [3.05, 3.63) is 102 Å². The van der Waals surface area contributed by atoms with Gasteiger partial charge < -0.3 is 23.4 Å². The van der Waals surface area contributed by atoms with Gasteiger partial charge in [-0.2, -0.15) is 0 Å². The van der Waals surface area contributed by atoms with E-state index in [1.165, 1.54) is 15.9 Å². The van der Waals surface area contributed by atoms with Crippen LogP contribution < -0.4 is 24.4 Å². The lowest BCUT2D eigenvalue weighted by molar-refractivity contribution is -0.139. The summed E-state index contributed by atoms with van der Waals surface area (Å²) in [4.78, 5) is 45.0. The maximum atomic E-state index is 14.1. The Kier molecular flexibility index (Phi) is 9.91. The van der Waals surface area contributed by atoms with Gasteiger partial charge in [-0.25, -0.2) is 14.6 Å². The number of carbonyl (C=O) groups is 2. The fourth-order valence-corrected chi connectivity index (χ4v) is 6.18. The van der Waals surface area contributed by atoms with Crippen LogP contribution in [0, 0.1) is 0 Å². The van der Waals surface area contributed by atoms with Crippen LogP contribution in [0.5, 0.6) is 11.5 Å². The number of ether oxygens (including phenoxy) is 4. The Hall–Kier alpha value is -4.90. The molecule has 0 unspecified atom stereocenters. The number of nitrogens with zero attached hydrogens (tertiary/aromatic N) is 2. The molecule has 3 heterocycles. The van der Waals surface area contributed by atoms with Crippen molar-refractivity contribution >= 4 is 29.4 Å². The molecular formula is C35H36N2O8S. The molecule has 1 aliphatic heterocycles. The van der Waals surface area contributed by atoms with Crippen LogP contribution in [0.15, 0.2) is 80.1 Å². The number of para-hydroxylation sites is 1. The van der Waals surface area contributed by atoms with E-state index in [1.807, 2.05) is 19.1 Å². The number of hydrogen-bond acceptors (Lipinski definition) is 10. The minimum absolute atomic E-state index is 0.159. The minimum Gasteiger partial charge on any atom is -0.493 e. The van der Waals surface area contributed by atoms with E-state index in [9.17, 15) is 14.4 Å². The van der Waals surface area contributed by atoms with Crippen molar-refractivity contribution in [2.45, 2.75) is 53.2 Å². The SMILES string of the molecule is CCCOc1c(OC)cccc1[C@H]1C(C(=O)OCC)=C(C)N=c2s/c(=C/c3ccc(-c4cccc(C(=O)OC(C)C)c4)o3)c(=O)n21. The van der Waals surface area contributed by atoms with Gasteiger partial charge in [-0.1, -0.05) is 42.5 Å². The second-order valence-electron chi connectivity index (χ2n) is 10.8. The van der Waals surface area contributed by atoms with Gasteiger partial charge in [-0.05, 0) is 64.4 Å². The summed E-state index contributed by atoms with van der Waals surface area (Å²) in [5.41, 5.74) is 2.00. The Balaban J connectivity index is 1.61. The molecule has 0 bridgehead atoms. The van der Waals surface area contributed by atoms with Gasteiger partial charge in [0.05, 0.1) is 47.8 Å². The molecule has 0 amide bonds. The van der Waals surface area contributed by atoms with E-state index in [0.717, 1.165) is 6.42 Å². The summed E-state index contributed by atoms with van der Waals surface area (Å²) in [7, 11) is 1.54. The number of furan rings is 1. The number of esters is 2. The molecule has 1 atom stereocenters. The first-order valence-corrected chi connectivity index (χ1v) is 15.9. The van der Waals surface area contributed by atoms with Crippen LogP contribution in [0.1, 0.15) is 68.8 Å². The number of carbonyl (C=O) groups excluding carboxylic acids is 2. The van der Waals surface area contributed by atoms with E-state index in [2.05, 4.69) is 4.99 Å². The van der Waals surface area contributed by atoms with Crippen molar-refractivity contribution in [2.75, 3.05) is 20.3 Å². The zero-order valence-corrected chi connectivity index (χ0v) is 27.4. The smallest absolute Gasteiger partial charge is 0.338 e. The molecule has 0 aliphatic carbocycles. The summed E-state index contributed by atoms with van der Waals surface area (Å²) in [6.45, 7) is 9.60. The molecule has 2 aromatic heterocycles. The van der Waals surface area contributed by atoms with Gasteiger partial charge in [0.25, 0.3) is 5.56 Å². The number of fused-ring (bicyclic) bond motifs is 1. The standard InChI is InChI=1S/C35H36N2O8S/c1-7-17-43-31-25(13-10-14-27(31)41-6)30-29(34(40)42-8-2)21(5)36-35-37(30)32(38)28(46-35)19-24-15-16-26(45-24)22-11-9-12-23(18-22)33(39)44-20(3)4/h9-16,18-20,30H,7-8,17H2,1-6H3/b28-19+/t30-/m0/s1. The quantitative estimate of drug-likeness (QED) is 0.199. The Labute approximate surface area is 270 Å². The Morgan fingerprint density at radius 1 is 1.09 bits per heavy atom. The number of benzene rings is 2. The molecule has 2 aromatic carbocycles. The Morgan fingerprint density at radius 3 is 2.59 bits per heavy atom. The summed E-state index contributed by atoms with van der Waals surface area (Å²) in [5.74, 6) is 0.888. The molecule has 240 valence electrons. The van der Waals surface area contributed by atoms with Crippen molar-refractivity contribution in [3.63, 3.8) is 0 Å². The first kappa shape index (κ1) is 32.5. The number of allylic oxidation sites excluding steroid dienone is 1. The summed E-state index contributed by atoms with van der Waals surface area (Å²) >= 11 is 1.19. The lowest BCUT2D eigenvalue weighted by atomic mass is 9.94. The second kappa shape index (κ2) is 14.0. The van der Waals surface area contributed by atoms with Crippen molar-refractivity contribution in [2.24, 2.45) is 4.99 Å². The van der Waals surface area contributed by atoms with Crippen LogP contribution >= 0.6 is 11.3 Å². The molecule has 0 fully saturated rings. The predicted molar refractivity (Wildman–Crippen MR) is 174 cm³/mol. The molecule has 0 N–H and O–H groups in total. The number of rotatable bonds is 11. The van der Waals surface area contributed by atoms with Gasteiger partial charge in [0, 0.05) is 17.2 Å². The number of thiazole rings is 1. The third-order valence-electron chi connectivity index (χ3n) is 7.12. The average Bonchev–Trinajstić information content (AvgIpc) is 3.63. The van der Waals surface area contributed by atoms with Crippen molar-refractivity contribution in [1.29, 1.82) is 0 Å². The van der Waals surface area contributed by atoms with E-state index in [4.69, 9.17) is 23.4 Å². The molecule has 46 heavy (non-hydrogen) atoms. The number of hydrogen-bond donors (Lipinski definition) is 0. The molecule has 10 nitrogen and oxygen atoms in total. The third kappa shape index (κ3) is 6.55. The van der Waals surface area contributed by atoms with Crippen LogP contribution in [0.25, 0.3) is 17.4 Å². The van der Waals surface area contributed by atoms with Crippen LogP contribution in [0.2, 0.25) is 0 Å². The summed E-state index contributed by atoms with van der Waals surface area (Å²) in [6, 6.07) is 15.0. The van der Waals surface area contributed by atoms with Crippen LogP contribution in [-0.2, 0) is 14.3 Å². The van der Waals surface area contributed by atoms with E-state index in [1.54, 1.807) is 83.3 Å². The molecule has 0 radical (unpaired) electrons. The van der Waals surface area contributed by atoms with E-state index in [-0.39, 0.29) is 23.8 Å². The highest BCUT2D eigenvalue weighted by Gasteiger charge is 2.36. The first-order chi connectivity index (χ1) is 22.2. The van der Waals surface area contributed by atoms with Gasteiger partial charge in [0.1, 0.15) is 17.6 Å². The molecule has 0 saturated heterocycles. The molecule has 4 aromatic rings. The highest BCUT2D eigenvalue weighted by molar-refractivity contribution is 7.07. The van der Waals surface area contributed by atoms with Crippen molar-refractivity contribution in [1.82, 2.24) is 4.57 Å². The molecule has 11 heteroatoms. The lowest BCUT2D eigenvalue weighted by Crippen LogP contribution is -2.40. The fraction of sp³-hybridized carbons (Fsp3) is 0.314. The lowest BCUT2D eigenvalue weighted by Gasteiger charge is -2.27. The normalized spacial score (nSPS) is 14.6. The molecule has 0 saturated carbocycles. The molecule has 1 aliphatic rings. The molecule has 5 rings (SSSR count). The summed E-state index contributed by atoms with van der Waals surface area (Å²) in [5, 5.41) is 0. The van der Waals surface area contributed by atoms with Gasteiger partial charge in [0.15, 0.2) is 16.3 Å². The number of aromatic nitrogens is 1. The van der Waals surface area contributed by atoms with Crippen molar-refractivity contribution < 1.29 is 33.0 Å². The second-order valence-corrected chi connectivity index (χ2v) is 11.8.